The minimum Gasteiger partial charge on any atom is -0.351 e. The molecule has 122 valence electrons. The molecular weight excluding hydrogens is 308 g/mol. The number of hydrogen-bond donors (Lipinski definition) is 3. The van der Waals surface area contributed by atoms with Gasteiger partial charge in [-0.2, -0.15) is 4.31 Å². The number of nitrogens with zero attached hydrogens (tertiary/aromatic N) is 1. The van der Waals surface area contributed by atoms with Crippen LogP contribution in [0.15, 0.2) is 24.3 Å². The summed E-state index contributed by atoms with van der Waals surface area (Å²) in [5.74, 6) is -0.898. The summed E-state index contributed by atoms with van der Waals surface area (Å²) in [7, 11) is -2.15. The first-order valence-corrected chi connectivity index (χ1v) is 8.39. The Kier molecular flexibility index (Phi) is 6.47. The second-order valence-electron chi connectivity index (χ2n) is 4.66. The van der Waals surface area contributed by atoms with Gasteiger partial charge in [0.15, 0.2) is 0 Å². The molecule has 22 heavy (non-hydrogen) atoms. The van der Waals surface area contributed by atoms with Gasteiger partial charge in [0.1, 0.15) is 0 Å². The number of sulfonamides is 1. The van der Waals surface area contributed by atoms with E-state index in [1.54, 1.807) is 24.3 Å². The predicted octanol–water partition coefficient (Wildman–Crippen LogP) is -0.795. The van der Waals surface area contributed by atoms with Gasteiger partial charge in [0.25, 0.3) is 5.91 Å². The molecule has 4 N–H and O–H groups in total. The van der Waals surface area contributed by atoms with Gasteiger partial charge in [-0.05, 0) is 12.1 Å². The Hall–Kier alpha value is -1.97. The van der Waals surface area contributed by atoms with Crippen molar-refractivity contribution in [1.29, 1.82) is 0 Å². The number of nitrogens with two attached hydrogens (primary N) is 1. The van der Waals surface area contributed by atoms with Gasteiger partial charge >= 0.3 is 0 Å². The van der Waals surface area contributed by atoms with Gasteiger partial charge in [0, 0.05) is 20.1 Å². The zero-order valence-corrected chi connectivity index (χ0v) is 13.3. The molecule has 9 heteroatoms. The quantitative estimate of drug-likeness (QED) is 0.605. The molecule has 0 fully saturated rings. The Morgan fingerprint density at radius 1 is 1.27 bits per heavy atom. The fraction of sp³-hybridized carbons (Fsp3) is 0.385. The van der Waals surface area contributed by atoms with Gasteiger partial charge in [-0.15, -0.1) is 0 Å². The van der Waals surface area contributed by atoms with Crippen molar-refractivity contribution in [2.75, 3.05) is 38.3 Å². The summed E-state index contributed by atoms with van der Waals surface area (Å²) in [6, 6.07) is 6.45. The average molecular weight is 328 g/mol. The van der Waals surface area contributed by atoms with Gasteiger partial charge in [0.2, 0.25) is 15.9 Å². The van der Waals surface area contributed by atoms with Crippen molar-refractivity contribution in [3.8, 4) is 0 Å². The molecule has 1 aromatic carbocycles. The highest BCUT2D eigenvalue weighted by molar-refractivity contribution is 7.88. The number of nitrogens with one attached hydrogen (secondary N) is 2. The predicted molar refractivity (Wildman–Crippen MR) is 83.9 cm³/mol. The summed E-state index contributed by atoms with van der Waals surface area (Å²) < 4.78 is 23.5. The minimum atomic E-state index is -3.45. The lowest BCUT2D eigenvalue weighted by molar-refractivity contribution is -0.116. The number of anilines is 1. The lowest BCUT2D eigenvalue weighted by atomic mass is 10.1. The molecule has 0 unspecified atom stereocenters. The fourth-order valence-electron chi connectivity index (χ4n) is 1.58. The van der Waals surface area contributed by atoms with Crippen LogP contribution in [0.25, 0.3) is 0 Å². The zero-order valence-electron chi connectivity index (χ0n) is 12.5. The maximum atomic E-state index is 12.0. The Bertz CT molecular complexity index is 645. The second-order valence-corrected chi connectivity index (χ2v) is 6.75. The Morgan fingerprint density at radius 3 is 2.50 bits per heavy atom. The number of benzene rings is 1. The van der Waals surface area contributed by atoms with E-state index in [0.29, 0.717) is 18.8 Å². The number of amides is 2. The Morgan fingerprint density at radius 2 is 1.91 bits per heavy atom. The molecular formula is C13H20N4O4S. The van der Waals surface area contributed by atoms with Crippen LogP contribution in [0.5, 0.6) is 0 Å². The van der Waals surface area contributed by atoms with Gasteiger partial charge in [-0.25, -0.2) is 8.42 Å². The van der Waals surface area contributed by atoms with Crippen LogP contribution in [0, 0.1) is 0 Å². The topological polar surface area (TPSA) is 122 Å². The smallest absolute Gasteiger partial charge is 0.253 e. The summed E-state index contributed by atoms with van der Waals surface area (Å²) in [6.07, 6.45) is 1.01. The molecule has 0 heterocycles. The summed E-state index contributed by atoms with van der Waals surface area (Å²) >= 11 is 0. The average Bonchev–Trinajstić information content (AvgIpc) is 2.44. The largest absolute Gasteiger partial charge is 0.351 e. The van der Waals surface area contributed by atoms with E-state index in [0.717, 1.165) is 10.6 Å². The van der Waals surface area contributed by atoms with Crippen LogP contribution in [-0.4, -0.2) is 57.5 Å². The summed E-state index contributed by atoms with van der Waals surface area (Å²) in [6.45, 7) is 0.287. The molecule has 8 nitrogen and oxygen atoms in total. The molecule has 2 amide bonds. The molecule has 0 aromatic heterocycles. The second kappa shape index (κ2) is 7.87. The van der Waals surface area contributed by atoms with E-state index in [-0.39, 0.29) is 18.0 Å². The molecule has 0 spiro atoms. The molecule has 0 saturated heterocycles. The molecule has 1 aromatic rings. The van der Waals surface area contributed by atoms with E-state index >= 15 is 0 Å². The van der Waals surface area contributed by atoms with E-state index in [2.05, 4.69) is 10.6 Å². The maximum absolute atomic E-state index is 12.0. The summed E-state index contributed by atoms with van der Waals surface area (Å²) in [5, 5.41) is 5.14. The highest BCUT2D eigenvalue weighted by atomic mass is 32.2. The number of rotatable bonds is 7. The van der Waals surface area contributed by atoms with Gasteiger partial charge in [-0.3, -0.25) is 9.59 Å². The van der Waals surface area contributed by atoms with Crippen LogP contribution in [-0.2, 0) is 14.8 Å². The number of carbonyl (C=O) groups is 2. The molecule has 1 rings (SSSR count). The molecule has 0 saturated carbocycles. The van der Waals surface area contributed by atoms with Gasteiger partial charge in [-0.1, -0.05) is 12.1 Å². The van der Waals surface area contributed by atoms with Crippen LogP contribution >= 0.6 is 0 Å². The minimum absolute atomic E-state index is 0.284. The third kappa shape index (κ3) is 5.43. The van der Waals surface area contributed by atoms with Crippen molar-refractivity contribution in [3.63, 3.8) is 0 Å². The van der Waals surface area contributed by atoms with Gasteiger partial charge in [0.05, 0.1) is 24.1 Å². The van der Waals surface area contributed by atoms with Crippen LogP contribution in [0.2, 0.25) is 0 Å². The highest BCUT2D eigenvalue weighted by Gasteiger charge is 2.17. The monoisotopic (exact) mass is 328 g/mol. The number of carbonyl (C=O) groups excluding carboxylic acids is 2. The number of likely N-dealkylation sites (N-methyl/N-ethyl adjacent to an activating group) is 1. The molecule has 0 aliphatic heterocycles. The van der Waals surface area contributed by atoms with Crippen molar-refractivity contribution < 1.29 is 18.0 Å². The third-order valence-corrected chi connectivity index (χ3v) is 4.07. The van der Waals surface area contributed by atoms with E-state index in [9.17, 15) is 18.0 Å². The first kappa shape index (κ1) is 18.1. The molecule has 0 aliphatic carbocycles. The Labute approximate surface area is 129 Å². The van der Waals surface area contributed by atoms with Crippen LogP contribution in [0.4, 0.5) is 5.69 Å². The summed E-state index contributed by atoms with van der Waals surface area (Å²) in [4.78, 5) is 23.9. The molecule has 0 bridgehead atoms. The number of hydrogen-bond acceptors (Lipinski definition) is 5. The van der Waals surface area contributed by atoms with Crippen molar-refractivity contribution in [1.82, 2.24) is 9.62 Å². The molecule has 0 radical (unpaired) electrons. The lowest BCUT2D eigenvalue weighted by Crippen LogP contribution is -2.35. The first-order chi connectivity index (χ1) is 10.3. The molecule has 0 atom stereocenters. The van der Waals surface area contributed by atoms with Crippen LogP contribution in [0.1, 0.15) is 10.4 Å². The lowest BCUT2D eigenvalue weighted by Gasteiger charge is -2.15. The van der Waals surface area contributed by atoms with Crippen LogP contribution in [0.3, 0.4) is 0 Å². The standard InChI is InChI=1S/C13H20N4O4S/c1-17(22(2,20)21)9-12(18)16-11-6-4-3-5-10(11)13(19)15-8-7-14/h3-6H,7-9,14H2,1-2H3,(H,15,19)(H,16,18). The number of para-hydroxylation sites is 1. The van der Waals surface area contributed by atoms with Crippen LogP contribution < -0.4 is 16.4 Å². The van der Waals surface area contributed by atoms with Crippen molar-refractivity contribution in [3.05, 3.63) is 29.8 Å². The van der Waals surface area contributed by atoms with Crippen molar-refractivity contribution in [2.24, 2.45) is 5.73 Å². The van der Waals surface area contributed by atoms with E-state index in [1.807, 2.05) is 0 Å². The van der Waals surface area contributed by atoms with Gasteiger partial charge < -0.3 is 16.4 Å². The third-order valence-electron chi connectivity index (χ3n) is 2.81. The Balaban J connectivity index is 2.81. The van der Waals surface area contributed by atoms with E-state index in [4.69, 9.17) is 5.73 Å². The fourth-order valence-corrected chi connectivity index (χ4v) is 1.93. The van der Waals surface area contributed by atoms with E-state index < -0.39 is 15.9 Å². The SMILES string of the molecule is CN(CC(=O)Nc1ccccc1C(=O)NCCN)S(C)(=O)=O. The molecule has 0 aliphatic rings. The first-order valence-electron chi connectivity index (χ1n) is 6.54. The highest BCUT2D eigenvalue weighted by Crippen LogP contribution is 2.15. The van der Waals surface area contributed by atoms with Crippen molar-refractivity contribution >= 4 is 27.5 Å². The normalized spacial score (nSPS) is 11.3. The van der Waals surface area contributed by atoms with E-state index in [1.165, 1.54) is 7.05 Å². The summed E-state index contributed by atoms with van der Waals surface area (Å²) in [5.41, 5.74) is 5.92. The maximum Gasteiger partial charge on any atom is 0.253 e. The van der Waals surface area contributed by atoms with Crippen molar-refractivity contribution in [2.45, 2.75) is 0 Å². The zero-order chi connectivity index (χ0) is 16.8.